The first kappa shape index (κ1) is 23.0. The maximum atomic E-state index is 14.9. The number of sulfonamides is 1. The van der Waals surface area contributed by atoms with Crippen molar-refractivity contribution < 1.29 is 17.2 Å². The van der Waals surface area contributed by atoms with Crippen LogP contribution in [0.4, 0.5) is 14.5 Å². The predicted molar refractivity (Wildman–Crippen MR) is 132 cm³/mol. The predicted octanol–water partition coefficient (Wildman–Crippen LogP) is 5.21. The van der Waals surface area contributed by atoms with Crippen molar-refractivity contribution in [1.29, 1.82) is 0 Å². The number of imidazole rings is 1. The van der Waals surface area contributed by atoms with Gasteiger partial charge in [0.2, 0.25) is 10.0 Å². The third-order valence-corrected chi connectivity index (χ3v) is 6.57. The van der Waals surface area contributed by atoms with Crippen molar-refractivity contribution in [2.24, 2.45) is 13.0 Å². The molecule has 180 valence electrons. The zero-order chi connectivity index (χ0) is 24.9. The number of fused-ring (bicyclic) bond motifs is 1. The molecule has 1 aliphatic carbocycles. The Labute approximate surface area is 201 Å². The molecule has 0 radical (unpaired) electrons. The smallest absolute Gasteiger partial charge is 0.229 e. The van der Waals surface area contributed by atoms with Gasteiger partial charge in [0.25, 0.3) is 0 Å². The number of nitrogens with one attached hydrogen (secondary N) is 1. The molecular weight excluding hydrogens is 472 g/mol. The van der Waals surface area contributed by atoms with E-state index in [0.717, 1.165) is 34.7 Å². The summed E-state index contributed by atoms with van der Waals surface area (Å²) >= 11 is 0. The number of hydrogen-bond acceptors (Lipinski definition) is 4. The van der Waals surface area contributed by atoms with E-state index in [9.17, 15) is 17.2 Å². The Morgan fingerprint density at radius 3 is 2.57 bits per heavy atom. The summed E-state index contributed by atoms with van der Waals surface area (Å²) < 4.78 is 58.6. The minimum absolute atomic E-state index is 0.291. The molecule has 2 atom stereocenters. The standard InChI is InChI=1S/C25H23F2N5O2S/c1-15-6-19(26)10-22(27)25(15)18-7-17(8-20(9-18)30-35(3,33)34)21-11-29-32-12-16(4-5-24(21)32)23-13-31(2)14-28-23/h4-15,25,30H,1-3H3. The summed E-state index contributed by atoms with van der Waals surface area (Å²) in [6.45, 7) is 1.72. The number of hydrogen-bond donors (Lipinski definition) is 1. The molecule has 0 bridgehead atoms. The van der Waals surface area contributed by atoms with Crippen LogP contribution >= 0.6 is 0 Å². The second-order valence-electron chi connectivity index (χ2n) is 8.87. The number of pyridine rings is 1. The molecule has 3 heterocycles. The SMILES string of the molecule is CC1C=C(F)C=C(F)C1c1cc(NS(C)(=O)=O)cc(-c2cnn3cc(-c4cn(C)cn4)ccc23)c1. The summed E-state index contributed by atoms with van der Waals surface area (Å²) in [5.74, 6) is -2.43. The second kappa shape index (κ2) is 8.46. The number of aromatic nitrogens is 4. The molecule has 5 rings (SSSR count). The lowest BCUT2D eigenvalue weighted by Crippen LogP contribution is -2.14. The molecule has 1 aromatic carbocycles. The van der Waals surface area contributed by atoms with Crippen LogP contribution in [-0.2, 0) is 17.1 Å². The third kappa shape index (κ3) is 4.61. The molecule has 1 aliphatic rings. The molecule has 10 heteroatoms. The topological polar surface area (TPSA) is 81.3 Å². The average molecular weight is 496 g/mol. The molecule has 2 unspecified atom stereocenters. The average Bonchev–Trinajstić information content (AvgIpc) is 3.37. The van der Waals surface area contributed by atoms with E-state index in [-0.39, 0.29) is 0 Å². The largest absolute Gasteiger partial charge is 0.340 e. The van der Waals surface area contributed by atoms with Gasteiger partial charge in [0.1, 0.15) is 11.7 Å². The lowest BCUT2D eigenvalue weighted by atomic mass is 9.82. The van der Waals surface area contributed by atoms with E-state index in [1.54, 1.807) is 42.2 Å². The summed E-state index contributed by atoms with van der Waals surface area (Å²) in [6.07, 6.45) is 10.4. The maximum Gasteiger partial charge on any atom is 0.229 e. The lowest BCUT2D eigenvalue weighted by Gasteiger charge is -2.25. The van der Waals surface area contributed by atoms with Gasteiger partial charge >= 0.3 is 0 Å². The van der Waals surface area contributed by atoms with E-state index in [2.05, 4.69) is 14.8 Å². The van der Waals surface area contributed by atoms with E-state index < -0.39 is 33.5 Å². The molecule has 3 aromatic heterocycles. The van der Waals surface area contributed by atoms with Crippen LogP contribution < -0.4 is 4.72 Å². The Hall–Kier alpha value is -3.79. The molecule has 0 fully saturated rings. The molecule has 7 nitrogen and oxygen atoms in total. The fraction of sp³-hybridized carbons (Fsp3) is 0.200. The van der Waals surface area contributed by atoms with Gasteiger partial charge in [-0.1, -0.05) is 13.0 Å². The van der Waals surface area contributed by atoms with Crippen LogP contribution in [0.2, 0.25) is 0 Å². The molecule has 35 heavy (non-hydrogen) atoms. The molecule has 0 spiro atoms. The van der Waals surface area contributed by atoms with Gasteiger partial charge in [0.15, 0.2) is 0 Å². The highest BCUT2D eigenvalue weighted by Crippen LogP contribution is 2.41. The van der Waals surface area contributed by atoms with Crippen molar-refractivity contribution in [3.8, 4) is 22.4 Å². The van der Waals surface area contributed by atoms with Crippen LogP contribution in [0.1, 0.15) is 18.4 Å². The number of halogens is 2. The van der Waals surface area contributed by atoms with Crippen LogP contribution in [0, 0.1) is 5.92 Å². The third-order valence-electron chi connectivity index (χ3n) is 5.97. The van der Waals surface area contributed by atoms with Gasteiger partial charge in [0, 0.05) is 48.2 Å². The van der Waals surface area contributed by atoms with Gasteiger partial charge in [0.05, 0.1) is 30.0 Å². The summed E-state index contributed by atoms with van der Waals surface area (Å²) in [5, 5.41) is 4.47. The van der Waals surface area contributed by atoms with E-state index >= 15 is 0 Å². The van der Waals surface area contributed by atoms with Gasteiger partial charge in [-0.25, -0.2) is 26.7 Å². The molecular formula is C25H23F2N5O2S. The first-order valence-electron chi connectivity index (χ1n) is 10.9. The minimum Gasteiger partial charge on any atom is -0.340 e. The van der Waals surface area contributed by atoms with E-state index in [0.29, 0.717) is 16.8 Å². The molecule has 1 N–H and O–H groups in total. The van der Waals surface area contributed by atoms with Crippen molar-refractivity contribution in [2.45, 2.75) is 12.8 Å². The second-order valence-corrected chi connectivity index (χ2v) is 10.6. The quantitative estimate of drug-likeness (QED) is 0.412. The summed E-state index contributed by atoms with van der Waals surface area (Å²) in [7, 11) is -1.69. The van der Waals surface area contributed by atoms with E-state index in [4.69, 9.17) is 0 Å². The van der Waals surface area contributed by atoms with Crippen molar-refractivity contribution in [3.05, 3.63) is 84.6 Å². The Kier molecular flexibility index (Phi) is 5.55. The Balaban J connectivity index is 1.63. The van der Waals surface area contributed by atoms with Crippen LogP contribution in [0.5, 0.6) is 0 Å². The number of anilines is 1. The van der Waals surface area contributed by atoms with Crippen LogP contribution in [-0.4, -0.2) is 33.8 Å². The molecule has 0 saturated carbocycles. The monoisotopic (exact) mass is 495 g/mol. The van der Waals surface area contributed by atoms with E-state index in [1.807, 2.05) is 36.1 Å². The number of nitrogens with zero attached hydrogens (tertiary/aromatic N) is 4. The lowest BCUT2D eigenvalue weighted by molar-refractivity contribution is 0.456. The Morgan fingerprint density at radius 1 is 1.09 bits per heavy atom. The fourth-order valence-electron chi connectivity index (χ4n) is 4.51. The van der Waals surface area contributed by atoms with Crippen molar-refractivity contribution in [1.82, 2.24) is 19.2 Å². The van der Waals surface area contributed by atoms with Gasteiger partial charge in [-0.2, -0.15) is 5.10 Å². The fourth-order valence-corrected chi connectivity index (χ4v) is 5.06. The Bertz CT molecular complexity index is 1620. The molecule has 0 amide bonds. The van der Waals surface area contributed by atoms with Crippen molar-refractivity contribution >= 4 is 21.2 Å². The minimum atomic E-state index is -3.58. The first-order chi connectivity index (χ1) is 16.6. The number of aryl methyl sites for hydroxylation is 1. The van der Waals surface area contributed by atoms with Crippen LogP contribution in [0.25, 0.3) is 27.9 Å². The summed E-state index contributed by atoms with van der Waals surface area (Å²) in [4.78, 5) is 4.37. The highest BCUT2D eigenvalue weighted by atomic mass is 32.2. The number of rotatable bonds is 5. The van der Waals surface area contributed by atoms with Crippen LogP contribution in [0.15, 0.2) is 79.1 Å². The number of benzene rings is 1. The first-order valence-corrected chi connectivity index (χ1v) is 12.8. The van der Waals surface area contributed by atoms with Crippen LogP contribution in [0.3, 0.4) is 0 Å². The molecule has 4 aromatic rings. The zero-order valence-corrected chi connectivity index (χ0v) is 20.1. The summed E-state index contributed by atoms with van der Waals surface area (Å²) in [5.41, 5.74) is 4.70. The van der Waals surface area contributed by atoms with Crippen molar-refractivity contribution in [2.75, 3.05) is 11.0 Å². The van der Waals surface area contributed by atoms with Gasteiger partial charge in [-0.05, 0) is 47.4 Å². The summed E-state index contributed by atoms with van der Waals surface area (Å²) in [6, 6.07) is 8.90. The highest BCUT2D eigenvalue weighted by molar-refractivity contribution is 7.92. The molecule has 0 aliphatic heterocycles. The van der Waals surface area contributed by atoms with Gasteiger partial charge < -0.3 is 4.57 Å². The van der Waals surface area contributed by atoms with Crippen molar-refractivity contribution in [3.63, 3.8) is 0 Å². The van der Waals surface area contributed by atoms with E-state index in [1.165, 1.54) is 6.08 Å². The zero-order valence-electron chi connectivity index (χ0n) is 19.3. The number of allylic oxidation sites excluding steroid dienone is 4. The normalized spacial score (nSPS) is 18.4. The Morgan fingerprint density at radius 2 is 1.89 bits per heavy atom. The van der Waals surface area contributed by atoms with Gasteiger partial charge in [-0.15, -0.1) is 0 Å². The molecule has 0 saturated heterocycles. The highest BCUT2D eigenvalue weighted by Gasteiger charge is 2.28. The maximum absolute atomic E-state index is 14.9. The van der Waals surface area contributed by atoms with Gasteiger partial charge in [-0.3, -0.25) is 4.72 Å².